The molecule has 0 N–H and O–H groups in total. The fourth-order valence-electron chi connectivity index (χ4n) is 2.22. The molecule has 0 atom stereocenters. The molecule has 0 aliphatic carbocycles. The van der Waals surface area contributed by atoms with Gasteiger partial charge in [0.25, 0.3) is 5.91 Å². The summed E-state index contributed by atoms with van der Waals surface area (Å²) in [4.78, 5) is 14.5. The molecule has 0 spiro atoms. The largest absolute Gasteiger partial charge is 0.333 e. The Balaban J connectivity index is 3.39. The van der Waals surface area contributed by atoms with Gasteiger partial charge in [0, 0.05) is 31.7 Å². The predicted molar refractivity (Wildman–Crippen MR) is 98.0 cm³/mol. The van der Waals surface area contributed by atoms with E-state index in [-0.39, 0.29) is 34.4 Å². The smallest absolute Gasteiger partial charge is 0.254 e. The van der Waals surface area contributed by atoms with E-state index in [1.807, 2.05) is 26.8 Å². The van der Waals surface area contributed by atoms with Crippen LogP contribution >= 0.6 is 11.6 Å². The standard InChI is InChI=1S/C17H24ClN3O3S/c1-6-17(2,3)21(11-7-10-19)16(22)13-8-9-14(18)15(12-13)25(23,24)20(4)5/h8-9,12H,6-7,11H2,1-5H3. The van der Waals surface area contributed by atoms with Gasteiger partial charge in [0.05, 0.1) is 17.5 Å². The topological polar surface area (TPSA) is 81.5 Å². The van der Waals surface area contributed by atoms with Crippen molar-refractivity contribution in [1.29, 1.82) is 5.26 Å². The van der Waals surface area contributed by atoms with Crippen molar-refractivity contribution in [3.05, 3.63) is 28.8 Å². The summed E-state index contributed by atoms with van der Waals surface area (Å²) in [6.07, 6.45) is 0.895. The number of benzene rings is 1. The van der Waals surface area contributed by atoms with Crippen molar-refractivity contribution in [1.82, 2.24) is 9.21 Å². The van der Waals surface area contributed by atoms with Crippen LogP contribution in [0.3, 0.4) is 0 Å². The third-order valence-electron chi connectivity index (χ3n) is 4.23. The van der Waals surface area contributed by atoms with E-state index in [0.29, 0.717) is 6.42 Å². The summed E-state index contributed by atoms with van der Waals surface area (Å²) in [5.74, 6) is -0.325. The molecule has 138 valence electrons. The summed E-state index contributed by atoms with van der Waals surface area (Å²) < 4.78 is 25.8. The number of hydrogen-bond donors (Lipinski definition) is 0. The van der Waals surface area contributed by atoms with Gasteiger partial charge in [-0.1, -0.05) is 18.5 Å². The van der Waals surface area contributed by atoms with Gasteiger partial charge in [0.15, 0.2) is 0 Å². The molecule has 6 nitrogen and oxygen atoms in total. The van der Waals surface area contributed by atoms with Gasteiger partial charge in [-0.25, -0.2) is 12.7 Å². The average molecular weight is 386 g/mol. The molecule has 0 heterocycles. The summed E-state index contributed by atoms with van der Waals surface area (Å²) in [5.41, 5.74) is -0.238. The molecular weight excluding hydrogens is 362 g/mol. The zero-order valence-electron chi connectivity index (χ0n) is 15.2. The molecule has 0 saturated carbocycles. The van der Waals surface area contributed by atoms with Crippen LogP contribution in [0.4, 0.5) is 0 Å². The maximum atomic E-state index is 13.0. The molecule has 0 bridgehead atoms. The SMILES string of the molecule is CCC(C)(C)N(CCC#N)C(=O)c1ccc(Cl)c(S(=O)(=O)N(C)C)c1. The molecule has 25 heavy (non-hydrogen) atoms. The van der Waals surface area contributed by atoms with Crippen LogP contribution < -0.4 is 0 Å². The molecule has 0 unspecified atom stereocenters. The number of hydrogen-bond acceptors (Lipinski definition) is 4. The highest BCUT2D eigenvalue weighted by atomic mass is 35.5. The van der Waals surface area contributed by atoms with Gasteiger partial charge in [0.2, 0.25) is 10.0 Å². The first kappa shape index (κ1) is 21.4. The lowest BCUT2D eigenvalue weighted by atomic mass is 9.97. The molecule has 0 saturated heterocycles. The summed E-state index contributed by atoms with van der Waals surface area (Å²) in [7, 11) is -0.964. The highest BCUT2D eigenvalue weighted by Crippen LogP contribution is 2.27. The lowest BCUT2D eigenvalue weighted by Crippen LogP contribution is -2.47. The molecule has 0 aromatic heterocycles. The van der Waals surface area contributed by atoms with E-state index in [1.165, 1.54) is 32.3 Å². The average Bonchev–Trinajstić information content (AvgIpc) is 2.54. The normalized spacial score (nSPS) is 12.1. The first-order chi connectivity index (χ1) is 11.5. The summed E-state index contributed by atoms with van der Waals surface area (Å²) in [6.45, 7) is 6.05. The number of nitrogens with zero attached hydrogens (tertiary/aromatic N) is 3. The number of carbonyl (C=O) groups excluding carboxylic acids is 1. The van der Waals surface area contributed by atoms with Crippen molar-refractivity contribution in [2.24, 2.45) is 0 Å². The first-order valence-electron chi connectivity index (χ1n) is 7.90. The first-order valence-corrected chi connectivity index (χ1v) is 9.71. The van der Waals surface area contributed by atoms with Crippen molar-refractivity contribution >= 4 is 27.5 Å². The molecule has 0 fully saturated rings. The number of amides is 1. The van der Waals surface area contributed by atoms with E-state index < -0.39 is 15.6 Å². The number of nitriles is 1. The minimum Gasteiger partial charge on any atom is -0.333 e. The van der Waals surface area contributed by atoms with Crippen molar-refractivity contribution in [3.63, 3.8) is 0 Å². The van der Waals surface area contributed by atoms with Gasteiger partial charge < -0.3 is 4.90 Å². The number of carbonyl (C=O) groups is 1. The van der Waals surface area contributed by atoms with Crippen LogP contribution in [0.25, 0.3) is 0 Å². The Morgan fingerprint density at radius 1 is 1.32 bits per heavy atom. The van der Waals surface area contributed by atoms with Gasteiger partial charge in [-0.05, 0) is 38.5 Å². The van der Waals surface area contributed by atoms with E-state index in [9.17, 15) is 13.2 Å². The van der Waals surface area contributed by atoms with Crippen LogP contribution in [0.1, 0.15) is 44.0 Å². The van der Waals surface area contributed by atoms with Crippen LogP contribution in [-0.2, 0) is 10.0 Å². The quantitative estimate of drug-likeness (QED) is 0.721. The maximum absolute atomic E-state index is 13.0. The predicted octanol–water partition coefficient (Wildman–Crippen LogP) is 3.13. The molecule has 0 radical (unpaired) electrons. The van der Waals surface area contributed by atoms with E-state index in [4.69, 9.17) is 16.9 Å². The summed E-state index contributed by atoms with van der Waals surface area (Å²) in [6, 6.07) is 6.25. The van der Waals surface area contributed by atoms with Crippen molar-refractivity contribution in [2.75, 3.05) is 20.6 Å². The van der Waals surface area contributed by atoms with Crippen LogP contribution in [0, 0.1) is 11.3 Å². The van der Waals surface area contributed by atoms with Gasteiger partial charge >= 0.3 is 0 Å². The highest BCUT2D eigenvalue weighted by Gasteiger charge is 2.31. The Kier molecular flexibility index (Phi) is 7.00. The van der Waals surface area contributed by atoms with Crippen LogP contribution in [-0.4, -0.2) is 49.7 Å². The fraction of sp³-hybridized carbons (Fsp3) is 0.529. The monoisotopic (exact) mass is 385 g/mol. The molecular formula is C17H24ClN3O3S. The highest BCUT2D eigenvalue weighted by molar-refractivity contribution is 7.89. The third-order valence-corrected chi connectivity index (χ3v) is 6.52. The summed E-state index contributed by atoms with van der Waals surface area (Å²) >= 11 is 6.04. The molecule has 8 heteroatoms. The van der Waals surface area contributed by atoms with Gasteiger partial charge in [0.1, 0.15) is 4.90 Å². The minimum atomic E-state index is -3.77. The Morgan fingerprint density at radius 2 is 1.92 bits per heavy atom. The van der Waals surface area contributed by atoms with E-state index in [2.05, 4.69) is 0 Å². The minimum absolute atomic E-state index is 0.0589. The van der Waals surface area contributed by atoms with E-state index in [1.54, 1.807) is 4.90 Å². The van der Waals surface area contributed by atoms with Gasteiger partial charge in [-0.15, -0.1) is 0 Å². The Bertz CT molecular complexity index is 783. The van der Waals surface area contributed by atoms with Crippen LogP contribution in [0.15, 0.2) is 23.1 Å². The lowest BCUT2D eigenvalue weighted by molar-refractivity contribution is 0.0546. The second-order valence-electron chi connectivity index (χ2n) is 6.46. The molecule has 0 aliphatic rings. The Labute approximate surface area is 155 Å². The zero-order chi connectivity index (χ0) is 19.4. The Hall–Kier alpha value is -1.62. The second-order valence-corrected chi connectivity index (χ2v) is 8.99. The van der Waals surface area contributed by atoms with Crippen LogP contribution in [0.2, 0.25) is 5.02 Å². The van der Waals surface area contributed by atoms with Crippen molar-refractivity contribution < 1.29 is 13.2 Å². The maximum Gasteiger partial charge on any atom is 0.254 e. The van der Waals surface area contributed by atoms with Crippen LogP contribution in [0.5, 0.6) is 0 Å². The van der Waals surface area contributed by atoms with Gasteiger partial charge in [-0.3, -0.25) is 4.79 Å². The lowest BCUT2D eigenvalue weighted by Gasteiger charge is -2.38. The number of rotatable bonds is 7. The molecule has 1 amide bonds. The number of halogens is 1. The third kappa shape index (κ3) is 4.72. The van der Waals surface area contributed by atoms with E-state index >= 15 is 0 Å². The molecule has 0 aliphatic heterocycles. The Morgan fingerprint density at radius 3 is 2.40 bits per heavy atom. The zero-order valence-corrected chi connectivity index (χ0v) is 16.8. The van der Waals surface area contributed by atoms with Gasteiger partial charge in [-0.2, -0.15) is 5.26 Å². The molecule has 1 aromatic rings. The molecule has 1 rings (SSSR count). The second kappa shape index (κ2) is 8.17. The van der Waals surface area contributed by atoms with Crippen molar-refractivity contribution in [2.45, 2.75) is 44.0 Å². The van der Waals surface area contributed by atoms with Crippen molar-refractivity contribution in [3.8, 4) is 6.07 Å². The molecule has 1 aromatic carbocycles. The van der Waals surface area contributed by atoms with E-state index in [0.717, 1.165) is 4.31 Å². The fourth-order valence-corrected chi connectivity index (χ4v) is 3.61. The number of sulfonamides is 1. The summed E-state index contributed by atoms with van der Waals surface area (Å²) in [5, 5.41) is 8.92.